The van der Waals surface area contributed by atoms with E-state index < -0.39 is 17.5 Å². The van der Waals surface area contributed by atoms with Gasteiger partial charge in [0, 0.05) is 37.5 Å². The van der Waals surface area contributed by atoms with Crippen molar-refractivity contribution in [3.63, 3.8) is 0 Å². The van der Waals surface area contributed by atoms with Crippen LogP contribution in [-0.4, -0.2) is 20.3 Å². The quantitative estimate of drug-likeness (QED) is 0.581. The number of hydrogen-bond acceptors (Lipinski definition) is 4. The molecule has 0 saturated heterocycles. The predicted octanol–water partition coefficient (Wildman–Crippen LogP) is 2.93. The van der Waals surface area contributed by atoms with Gasteiger partial charge in [0.05, 0.1) is 11.2 Å². The van der Waals surface area contributed by atoms with Crippen LogP contribution in [0.5, 0.6) is 0 Å². The predicted molar refractivity (Wildman–Crippen MR) is 100 cm³/mol. The van der Waals surface area contributed by atoms with Crippen molar-refractivity contribution in [3.05, 3.63) is 76.3 Å². The lowest BCUT2D eigenvalue weighted by molar-refractivity contribution is -0.116. The Balaban J connectivity index is 1.76. The molecule has 2 aromatic carbocycles. The standard InChI is InChI=1S/C20H15FN4O3/c1-24-17-10-15-13(8-18(17)28-20(24)27)12(9-19(26)23-15)14-7-11(21)3-4-16(14)25-6-2-5-22-25/h2-8,10,12H,9H2,1H3,(H,23,26). The second kappa shape index (κ2) is 5.91. The number of carbonyl (C=O) groups excluding carboxylic acids is 1. The van der Waals surface area contributed by atoms with Gasteiger partial charge in [-0.2, -0.15) is 5.10 Å². The number of benzene rings is 2. The number of oxazole rings is 1. The molecular weight excluding hydrogens is 363 g/mol. The van der Waals surface area contributed by atoms with E-state index in [0.717, 1.165) is 5.56 Å². The Morgan fingerprint density at radius 3 is 2.86 bits per heavy atom. The normalized spacial score (nSPS) is 16.2. The molecule has 28 heavy (non-hydrogen) atoms. The minimum atomic E-state index is -0.483. The molecule has 4 aromatic rings. The van der Waals surface area contributed by atoms with Gasteiger partial charge in [0.15, 0.2) is 5.58 Å². The maximum absolute atomic E-state index is 14.1. The largest absolute Gasteiger partial charge is 0.419 e. The van der Waals surface area contributed by atoms with E-state index in [1.165, 1.54) is 16.7 Å². The van der Waals surface area contributed by atoms with Gasteiger partial charge < -0.3 is 9.73 Å². The Hall–Kier alpha value is -3.68. The molecular formula is C20H15FN4O3. The van der Waals surface area contributed by atoms with Crippen molar-refractivity contribution in [3.8, 4) is 5.69 Å². The maximum Gasteiger partial charge on any atom is 0.419 e. The molecule has 0 spiro atoms. The van der Waals surface area contributed by atoms with Gasteiger partial charge in [0.25, 0.3) is 0 Å². The van der Waals surface area contributed by atoms with Crippen LogP contribution >= 0.6 is 0 Å². The minimum absolute atomic E-state index is 0.146. The summed E-state index contributed by atoms with van der Waals surface area (Å²) >= 11 is 0. The van der Waals surface area contributed by atoms with Gasteiger partial charge in [-0.3, -0.25) is 9.36 Å². The highest BCUT2D eigenvalue weighted by atomic mass is 19.1. The van der Waals surface area contributed by atoms with Gasteiger partial charge in [-0.1, -0.05) is 0 Å². The number of nitrogens with one attached hydrogen (secondary N) is 1. The molecule has 2 aromatic heterocycles. The second-order valence-electron chi connectivity index (χ2n) is 6.79. The zero-order chi connectivity index (χ0) is 19.4. The third-order valence-corrected chi connectivity index (χ3v) is 5.12. The van der Waals surface area contributed by atoms with Crippen molar-refractivity contribution in [2.24, 2.45) is 7.05 Å². The van der Waals surface area contributed by atoms with Crippen molar-refractivity contribution < 1.29 is 13.6 Å². The van der Waals surface area contributed by atoms with Crippen molar-refractivity contribution in [2.75, 3.05) is 5.32 Å². The van der Waals surface area contributed by atoms with Crippen LogP contribution < -0.4 is 11.1 Å². The fourth-order valence-corrected chi connectivity index (χ4v) is 3.78. The summed E-state index contributed by atoms with van der Waals surface area (Å²) in [6, 6.07) is 9.67. The summed E-state index contributed by atoms with van der Waals surface area (Å²) < 4.78 is 22.5. The third kappa shape index (κ3) is 2.45. The van der Waals surface area contributed by atoms with Crippen LogP contribution in [0.3, 0.4) is 0 Å². The number of amides is 1. The molecule has 1 amide bonds. The first-order valence-electron chi connectivity index (χ1n) is 8.74. The fourth-order valence-electron chi connectivity index (χ4n) is 3.78. The number of hydrogen-bond donors (Lipinski definition) is 1. The van der Waals surface area contributed by atoms with Gasteiger partial charge >= 0.3 is 5.76 Å². The van der Waals surface area contributed by atoms with Crippen LogP contribution in [0.25, 0.3) is 16.8 Å². The molecule has 8 heteroatoms. The van der Waals surface area contributed by atoms with Crippen LogP contribution in [0, 0.1) is 5.82 Å². The Morgan fingerprint density at radius 1 is 1.21 bits per heavy atom. The molecule has 1 atom stereocenters. The van der Waals surface area contributed by atoms with E-state index in [1.54, 1.807) is 48.4 Å². The molecule has 0 saturated carbocycles. The Morgan fingerprint density at radius 2 is 2.07 bits per heavy atom. The monoisotopic (exact) mass is 378 g/mol. The van der Waals surface area contributed by atoms with E-state index in [0.29, 0.717) is 28.0 Å². The molecule has 1 aliphatic heterocycles. The lowest BCUT2D eigenvalue weighted by Gasteiger charge is -2.27. The highest BCUT2D eigenvalue weighted by Crippen LogP contribution is 2.41. The van der Waals surface area contributed by atoms with Crippen LogP contribution in [0.1, 0.15) is 23.5 Å². The van der Waals surface area contributed by atoms with E-state index in [4.69, 9.17) is 4.42 Å². The lowest BCUT2D eigenvalue weighted by atomic mass is 9.83. The lowest BCUT2D eigenvalue weighted by Crippen LogP contribution is -2.24. The van der Waals surface area contributed by atoms with E-state index in [2.05, 4.69) is 10.4 Å². The number of aromatic nitrogens is 3. The fraction of sp³-hybridized carbons (Fsp3) is 0.150. The summed E-state index contributed by atoms with van der Waals surface area (Å²) in [6.07, 6.45) is 3.55. The number of fused-ring (bicyclic) bond motifs is 2. The molecule has 1 unspecified atom stereocenters. The Kier molecular flexibility index (Phi) is 3.48. The van der Waals surface area contributed by atoms with Crippen LogP contribution in [0.4, 0.5) is 10.1 Å². The highest BCUT2D eigenvalue weighted by Gasteiger charge is 2.30. The first-order valence-corrected chi connectivity index (χ1v) is 8.74. The highest BCUT2D eigenvalue weighted by molar-refractivity contribution is 5.98. The number of anilines is 1. The van der Waals surface area contributed by atoms with Gasteiger partial charge in [0.2, 0.25) is 5.91 Å². The second-order valence-corrected chi connectivity index (χ2v) is 6.79. The van der Waals surface area contributed by atoms with E-state index in [-0.39, 0.29) is 12.3 Å². The zero-order valence-corrected chi connectivity index (χ0v) is 14.8. The summed E-state index contributed by atoms with van der Waals surface area (Å²) in [5.74, 6) is -1.47. The maximum atomic E-state index is 14.1. The van der Waals surface area contributed by atoms with Gasteiger partial charge in [0.1, 0.15) is 5.82 Å². The van der Waals surface area contributed by atoms with Crippen LogP contribution in [0.15, 0.2) is 58.0 Å². The van der Waals surface area contributed by atoms with Crippen molar-refractivity contribution in [1.29, 1.82) is 0 Å². The van der Waals surface area contributed by atoms with Crippen molar-refractivity contribution in [2.45, 2.75) is 12.3 Å². The molecule has 1 aliphatic rings. The SMILES string of the molecule is Cn1c(=O)oc2cc3c(cc21)NC(=O)CC3c1cc(F)ccc1-n1cccn1. The Bertz CT molecular complexity index is 1290. The molecule has 140 valence electrons. The number of nitrogens with zero attached hydrogens (tertiary/aromatic N) is 3. The number of aryl methyl sites for hydroxylation is 1. The van der Waals surface area contributed by atoms with Crippen molar-refractivity contribution in [1.82, 2.24) is 14.3 Å². The van der Waals surface area contributed by atoms with Gasteiger partial charge in [-0.15, -0.1) is 0 Å². The minimum Gasteiger partial charge on any atom is -0.408 e. The summed E-state index contributed by atoms with van der Waals surface area (Å²) in [4.78, 5) is 24.3. The molecule has 7 nitrogen and oxygen atoms in total. The summed E-state index contributed by atoms with van der Waals surface area (Å²) in [5.41, 5.74) is 3.67. The molecule has 0 aliphatic carbocycles. The van der Waals surface area contributed by atoms with Crippen LogP contribution in [0.2, 0.25) is 0 Å². The number of carbonyl (C=O) groups is 1. The molecule has 3 heterocycles. The molecule has 5 rings (SSSR count). The van der Waals surface area contributed by atoms with Crippen LogP contribution in [-0.2, 0) is 11.8 Å². The Labute approximate surface area is 158 Å². The molecule has 1 N–H and O–H groups in total. The molecule has 0 radical (unpaired) electrons. The van der Waals surface area contributed by atoms with Gasteiger partial charge in [-0.05, 0) is 47.5 Å². The average molecular weight is 378 g/mol. The topological polar surface area (TPSA) is 82.1 Å². The van der Waals surface area contributed by atoms with Gasteiger partial charge in [-0.25, -0.2) is 13.9 Å². The molecule has 0 bridgehead atoms. The van der Waals surface area contributed by atoms with E-state index >= 15 is 0 Å². The summed E-state index contributed by atoms with van der Waals surface area (Å²) in [7, 11) is 1.60. The summed E-state index contributed by atoms with van der Waals surface area (Å²) in [6.45, 7) is 0. The average Bonchev–Trinajstić information content (AvgIpc) is 3.29. The molecule has 0 fully saturated rings. The number of rotatable bonds is 2. The zero-order valence-electron chi connectivity index (χ0n) is 14.8. The number of halogens is 1. The first kappa shape index (κ1) is 16.5. The van der Waals surface area contributed by atoms with E-state index in [1.807, 2.05) is 0 Å². The van der Waals surface area contributed by atoms with E-state index in [9.17, 15) is 14.0 Å². The van der Waals surface area contributed by atoms with Crippen molar-refractivity contribution >= 4 is 22.7 Å². The third-order valence-electron chi connectivity index (χ3n) is 5.12. The smallest absolute Gasteiger partial charge is 0.408 e. The first-order chi connectivity index (χ1) is 13.5. The summed E-state index contributed by atoms with van der Waals surface area (Å²) in [5, 5.41) is 7.09.